The van der Waals surface area contributed by atoms with E-state index in [4.69, 9.17) is 34.1 Å². The molecular formula is C100H116N8O4+4. The number of rotatable bonds is 8. The van der Waals surface area contributed by atoms with Crippen molar-refractivity contribution in [3.63, 3.8) is 0 Å². The van der Waals surface area contributed by atoms with Crippen LogP contribution in [-0.4, -0.2) is 19.9 Å². The lowest BCUT2D eigenvalue weighted by molar-refractivity contribution is -0.661. The summed E-state index contributed by atoms with van der Waals surface area (Å²) in [4.78, 5) is 18.2. The second-order valence-electron chi connectivity index (χ2n) is 35.1. The molecule has 0 aliphatic heterocycles. The van der Waals surface area contributed by atoms with E-state index in [2.05, 4.69) is 128 Å². The lowest BCUT2D eigenvalue weighted by Crippen LogP contribution is -2.32. The van der Waals surface area contributed by atoms with Crippen molar-refractivity contribution in [2.75, 3.05) is 0 Å². The van der Waals surface area contributed by atoms with Crippen molar-refractivity contribution < 1.29 is 52.4 Å². The van der Waals surface area contributed by atoms with Gasteiger partial charge in [0.05, 0.1) is 22.3 Å². The van der Waals surface area contributed by atoms with Crippen LogP contribution in [0.25, 0.3) is 133 Å². The molecule has 0 bridgehead atoms. The van der Waals surface area contributed by atoms with Crippen LogP contribution in [0.5, 0.6) is 0 Å². The van der Waals surface area contributed by atoms with Gasteiger partial charge in [0, 0.05) is 129 Å². The number of nitrogens with zero attached hydrogens (tertiary/aromatic N) is 8. The number of aromatic nitrogens is 8. The first-order valence-corrected chi connectivity index (χ1v) is 38.6. The van der Waals surface area contributed by atoms with Crippen LogP contribution in [0, 0.1) is 105 Å². The second-order valence-corrected chi connectivity index (χ2v) is 35.1. The third-order valence-corrected chi connectivity index (χ3v) is 20.3. The largest absolute Gasteiger partial charge is 0.437 e. The van der Waals surface area contributed by atoms with Crippen LogP contribution < -0.4 is 18.3 Å². The molecule has 576 valence electrons. The highest BCUT2D eigenvalue weighted by Gasteiger charge is 2.30. The van der Waals surface area contributed by atoms with E-state index < -0.39 is 49.1 Å². The highest BCUT2D eigenvalue weighted by atomic mass is 16.4. The minimum Gasteiger partial charge on any atom is -0.437 e. The Bertz CT molecular complexity index is 6740. The third kappa shape index (κ3) is 16.5. The molecule has 12 heteroatoms. The second kappa shape index (κ2) is 30.1. The van der Waals surface area contributed by atoms with Gasteiger partial charge in [-0.25, -0.2) is 38.2 Å². The minimum atomic E-state index is -2.45. The average Bonchev–Trinajstić information content (AvgIpc) is 0.961. The molecule has 0 unspecified atom stereocenters. The van der Waals surface area contributed by atoms with Crippen molar-refractivity contribution in [1.82, 2.24) is 19.9 Å². The van der Waals surface area contributed by atoms with Crippen molar-refractivity contribution in [1.29, 1.82) is 0 Å². The molecule has 0 aliphatic rings. The SMILES string of the molecule is Cc1ccc2c(n1)oc1c(-c3cc(C)c(CC(C)(C)C)c[n+]3C)c(C)ccc12.[2H]C([2H])([2H])c1c[n+](C)c(-c2c(C)ccc3c2oc2nc(C)ccc23)cc1C([2H])([2H])C(C)(C)C.[2H]C([2H])([2H])c1c[n+](C)c(-c2c(C)ccc3c2oc2nc(C)ccc23)cc1C([2H])([2H])C(C)(C)C.[2H]C([2H])(c1c[n+](C)c(-c2c(C)ccc3c2oc2nc(C)ccc23)cc1C)C(C)(C)C. The van der Waals surface area contributed by atoms with E-state index in [0.717, 1.165) is 134 Å². The summed E-state index contributed by atoms with van der Waals surface area (Å²) in [6.45, 7) is 38.6. The van der Waals surface area contributed by atoms with Crippen molar-refractivity contribution in [3.8, 4) is 45.0 Å². The Morgan fingerprint density at radius 3 is 0.812 bits per heavy atom. The Balaban J connectivity index is 0.000000142. The van der Waals surface area contributed by atoms with Gasteiger partial charge in [0.1, 0.15) is 28.2 Å². The maximum absolute atomic E-state index is 8.87. The van der Waals surface area contributed by atoms with E-state index in [1.807, 2.05) is 148 Å². The van der Waals surface area contributed by atoms with E-state index in [1.165, 1.54) is 34.8 Å². The summed E-state index contributed by atoms with van der Waals surface area (Å²) in [7, 11) is 7.67. The van der Waals surface area contributed by atoms with Crippen molar-refractivity contribution >= 4 is 88.3 Å². The lowest BCUT2D eigenvalue weighted by Gasteiger charge is -2.19. The van der Waals surface area contributed by atoms with E-state index in [1.54, 1.807) is 76.9 Å². The predicted octanol–water partition coefficient (Wildman–Crippen LogP) is 23.9. The van der Waals surface area contributed by atoms with Gasteiger partial charge in [0.25, 0.3) is 0 Å². The molecule has 12 aromatic heterocycles. The van der Waals surface area contributed by atoms with Gasteiger partial charge in [-0.15, -0.1) is 0 Å². The maximum atomic E-state index is 8.87. The van der Waals surface area contributed by atoms with Crippen molar-refractivity contribution in [3.05, 3.63) is 236 Å². The summed E-state index contributed by atoms with van der Waals surface area (Å²) in [5.74, 6) is 0. The molecule has 0 amide bonds. The highest BCUT2D eigenvalue weighted by Crippen LogP contribution is 2.43. The van der Waals surface area contributed by atoms with E-state index in [0.29, 0.717) is 51.0 Å². The van der Waals surface area contributed by atoms with Crippen LogP contribution in [0.15, 0.2) is 164 Å². The fraction of sp³-hybridized carbons (Fsp3) is 0.360. The fourth-order valence-corrected chi connectivity index (χ4v) is 15.1. The molecule has 0 atom stereocenters. The molecule has 16 rings (SSSR count). The van der Waals surface area contributed by atoms with Gasteiger partial charge in [0.2, 0.25) is 45.6 Å². The number of benzene rings is 4. The fourth-order valence-electron chi connectivity index (χ4n) is 15.1. The van der Waals surface area contributed by atoms with Crippen LogP contribution in [0.2, 0.25) is 0 Å². The molecule has 12 heterocycles. The van der Waals surface area contributed by atoms with Crippen LogP contribution >= 0.6 is 0 Å². The average molecular weight is 1510 g/mol. The summed E-state index contributed by atoms with van der Waals surface area (Å²) < 4.78 is 134. The number of hydrogen-bond acceptors (Lipinski definition) is 8. The monoisotopic (exact) mass is 1500 g/mol. The smallest absolute Gasteiger partial charge is 0.227 e. The molecule has 112 heavy (non-hydrogen) atoms. The first kappa shape index (κ1) is 64.9. The molecular weight excluding hydrogens is 1380 g/mol. The maximum Gasteiger partial charge on any atom is 0.227 e. The molecule has 0 saturated carbocycles. The topological polar surface area (TPSA) is 120 Å². The molecule has 12 nitrogen and oxygen atoms in total. The van der Waals surface area contributed by atoms with Crippen molar-refractivity contribution in [2.45, 2.75) is 192 Å². The zero-order valence-electron chi connectivity index (χ0n) is 82.3. The normalized spacial score (nSPS) is 14.4. The summed E-state index contributed by atoms with van der Waals surface area (Å²) >= 11 is 0. The summed E-state index contributed by atoms with van der Waals surface area (Å²) in [6, 6.07) is 40.4. The molecule has 4 aromatic carbocycles. The Labute approximate surface area is 679 Å². The number of hydrogen-bond donors (Lipinski definition) is 0. The first-order valence-electron chi connectivity index (χ1n) is 44.6. The molecule has 0 radical (unpaired) electrons. The molecule has 16 aromatic rings. The van der Waals surface area contributed by atoms with Gasteiger partial charge < -0.3 is 17.7 Å². The zero-order valence-corrected chi connectivity index (χ0v) is 70.3. The number of aryl methyl sites for hydroxylation is 16. The van der Waals surface area contributed by atoms with E-state index in [9.17, 15) is 0 Å². The quantitative estimate of drug-likeness (QED) is 0.138. The van der Waals surface area contributed by atoms with Gasteiger partial charge in [0.15, 0.2) is 47.1 Å². The summed E-state index contributed by atoms with van der Waals surface area (Å²) in [5.41, 5.74) is 23.5. The highest BCUT2D eigenvalue weighted by molar-refractivity contribution is 6.12. The molecule has 0 N–H and O–H groups in total. The van der Waals surface area contributed by atoms with Crippen LogP contribution in [0.1, 0.15) is 189 Å². The van der Waals surface area contributed by atoms with E-state index >= 15 is 0 Å². The van der Waals surface area contributed by atoms with Gasteiger partial charge >= 0.3 is 0 Å². The molecule has 0 aliphatic carbocycles. The zero-order chi connectivity index (χ0) is 91.2. The van der Waals surface area contributed by atoms with Gasteiger partial charge in [-0.3, -0.25) is 0 Å². The van der Waals surface area contributed by atoms with Gasteiger partial charge in [-0.05, 0) is 223 Å². The third-order valence-electron chi connectivity index (χ3n) is 20.3. The van der Waals surface area contributed by atoms with Crippen LogP contribution in [0.3, 0.4) is 0 Å². The van der Waals surface area contributed by atoms with E-state index in [-0.39, 0.29) is 27.7 Å². The van der Waals surface area contributed by atoms with Crippen molar-refractivity contribution in [2.24, 2.45) is 49.9 Å². The molecule has 0 saturated heterocycles. The first-order chi connectivity index (χ1) is 57.3. The number of fused-ring (bicyclic) bond motifs is 12. The molecule has 0 fully saturated rings. The standard InChI is InChI=1S/4C25H29N2O/c2*1-15-8-10-19-20-11-9-17(3)26-24(20)28-23(19)22(15)21-12-18(13-25(4,5)6)16(2)14-27(21)7;2*1-15-8-10-19-20-11-9-17(3)26-24(20)28-23(19)22(15)21-12-16(2)18(14-27(21)7)13-25(4,5)6/h4*8-12,14H,13H2,1-7H3/q4*+1/i2*2D3,13D2;13D2;. The summed E-state index contributed by atoms with van der Waals surface area (Å²) in [6.07, 6.45) is 3.12. The molecule has 0 spiro atoms. The van der Waals surface area contributed by atoms with Crippen LogP contribution in [-0.2, 0) is 53.7 Å². The Morgan fingerprint density at radius 2 is 0.536 bits per heavy atom. The minimum absolute atomic E-state index is 0.0143. The Kier molecular flexibility index (Phi) is 17.4. The summed E-state index contributed by atoms with van der Waals surface area (Å²) in [5, 5.41) is 7.90. The number of furan rings is 4. The van der Waals surface area contributed by atoms with Gasteiger partial charge in [-0.2, -0.15) is 0 Å². The predicted molar refractivity (Wildman–Crippen MR) is 462 cm³/mol. The Morgan fingerprint density at radius 1 is 0.286 bits per heavy atom. The van der Waals surface area contributed by atoms with Gasteiger partial charge in [-0.1, -0.05) is 132 Å². The Hall–Kier alpha value is -10.7. The lowest BCUT2D eigenvalue weighted by atomic mass is 9.86. The van der Waals surface area contributed by atoms with Crippen LogP contribution in [0.4, 0.5) is 0 Å². The number of pyridine rings is 8.